The molecule has 0 spiro atoms. The molecule has 0 bridgehead atoms. The summed E-state index contributed by atoms with van der Waals surface area (Å²) in [7, 11) is 3.32. The number of hydrogen-bond acceptors (Lipinski definition) is 8. The van der Waals surface area contributed by atoms with Crippen LogP contribution in [0, 0.1) is 0 Å². The lowest BCUT2D eigenvalue weighted by Gasteiger charge is -2.30. The first-order chi connectivity index (χ1) is 13.3. The number of ether oxygens (including phenoxy) is 3. The third-order valence-electron chi connectivity index (χ3n) is 5.10. The predicted octanol–water partition coefficient (Wildman–Crippen LogP) is 2.04. The van der Waals surface area contributed by atoms with E-state index in [0.717, 1.165) is 56.3 Å². The summed E-state index contributed by atoms with van der Waals surface area (Å²) in [6.45, 7) is 3.17. The summed E-state index contributed by atoms with van der Waals surface area (Å²) >= 11 is 0. The zero-order valence-corrected chi connectivity index (χ0v) is 15.8. The van der Waals surface area contributed by atoms with E-state index >= 15 is 0 Å². The zero-order valence-electron chi connectivity index (χ0n) is 15.8. The first-order valence-corrected chi connectivity index (χ1v) is 9.30. The van der Waals surface area contributed by atoms with Gasteiger partial charge in [0.1, 0.15) is 0 Å². The topological polar surface area (TPSA) is 81.6 Å². The van der Waals surface area contributed by atoms with E-state index in [2.05, 4.69) is 31.5 Å². The van der Waals surface area contributed by atoms with Crippen molar-refractivity contribution in [3.8, 4) is 11.5 Å². The molecule has 1 unspecified atom stereocenters. The van der Waals surface area contributed by atoms with Gasteiger partial charge in [0.2, 0.25) is 5.95 Å². The van der Waals surface area contributed by atoms with Gasteiger partial charge in [-0.1, -0.05) is 0 Å². The monoisotopic (exact) mass is 371 g/mol. The van der Waals surface area contributed by atoms with Gasteiger partial charge in [-0.25, -0.2) is 0 Å². The number of anilines is 2. The fourth-order valence-corrected chi connectivity index (χ4v) is 3.61. The van der Waals surface area contributed by atoms with Gasteiger partial charge in [0.05, 0.1) is 26.5 Å². The van der Waals surface area contributed by atoms with Crippen LogP contribution in [0.4, 0.5) is 11.8 Å². The molecular formula is C19H25N5O3. The number of rotatable bonds is 6. The van der Waals surface area contributed by atoms with Crippen molar-refractivity contribution in [3.63, 3.8) is 0 Å². The minimum absolute atomic E-state index is 0.238. The summed E-state index contributed by atoms with van der Waals surface area (Å²) in [4.78, 5) is 6.84. The van der Waals surface area contributed by atoms with Crippen LogP contribution in [0.15, 0.2) is 18.3 Å². The normalized spacial score (nSPS) is 18.9. The number of nitrogens with zero attached hydrogens (tertiary/aromatic N) is 4. The Bertz CT molecular complexity index is 795. The van der Waals surface area contributed by atoms with Gasteiger partial charge in [0.25, 0.3) is 0 Å². The Labute approximate surface area is 158 Å². The summed E-state index contributed by atoms with van der Waals surface area (Å²) in [6, 6.07) is 4.11. The van der Waals surface area contributed by atoms with Crippen molar-refractivity contribution in [1.29, 1.82) is 0 Å². The van der Waals surface area contributed by atoms with Crippen LogP contribution in [0.2, 0.25) is 0 Å². The Morgan fingerprint density at radius 2 is 2.04 bits per heavy atom. The van der Waals surface area contributed by atoms with Crippen molar-refractivity contribution in [2.24, 2.45) is 0 Å². The second-order valence-corrected chi connectivity index (χ2v) is 6.80. The molecule has 1 saturated heterocycles. The maximum atomic E-state index is 5.63. The second-order valence-electron chi connectivity index (χ2n) is 6.80. The van der Waals surface area contributed by atoms with Gasteiger partial charge in [0, 0.05) is 26.2 Å². The third-order valence-corrected chi connectivity index (χ3v) is 5.10. The lowest BCUT2D eigenvalue weighted by molar-refractivity contribution is 0.120. The van der Waals surface area contributed by atoms with Crippen LogP contribution in [0.1, 0.15) is 24.0 Å². The van der Waals surface area contributed by atoms with Gasteiger partial charge in [-0.15, -0.1) is 5.10 Å². The molecule has 1 fully saturated rings. The molecule has 2 aliphatic rings. The van der Waals surface area contributed by atoms with Crippen LogP contribution < -0.4 is 19.7 Å². The van der Waals surface area contributed by atoms with Crippen molar-refractivity contribution in [1.82, 2.24) is 15.2 Å². The van der Waals surface area contributed by atoms with Crippen LogP contribution in [-0.2, 0) is 17.7 Å². The molecule has 4 rings (SSSR count). The maximum Gasteiger partial charge on any atom is 0.244 e. The number of methoxy groups -OCH3 is 2. The predicted molar refractivity (Wildman–Crippen MR) is 102 cm³/mol. The highest BCUT2D eigenvalue weighted by atomic mass is 16.5. The number of nitrogens with one attached hydrogen (secondary N) is 1. The summed E-state index contributed by atoms with van der Waals surface area (Å²) in [5, 5.41) is 11.5. The number of aromatic nitrogens is 3. The van der Waals surface area contributed by atoms with E-state index in [4.69, 9.17) is 14.2 Å². The van der Waals surface area contributed by atoms with Crippen molar-refractivity contribution in [3.05, 3.63) is 29.5 Å². The van der Waals surface area contributed by atoms with Crippen LogP contribution in [0.3, 0.4) is 0 Å². The molecule has 1 aromatic carbocycles. The Hall–Kier alpha value is -2.61. The van der Waals surface area contributed by atoms with E-state index in [0.29, 0.717) is 12.5 Å². The highest BCUT2D eigenvalue weighted by molar-refractivity contribution is 5.52. The summed E-state index contributed by atoms with van der Waals surface area (Å²) in [5.41, 5.74) is 2.49. The van der Waals surface area contributed by atoms with Crippen molar-refractivity contribution >= 4 is 11.8 Å². The Morgan fingerprint density at radius 1 is 1.22 bits per heavy atom. The minimum atomic E-state index is 0.238. The summed E-state index contributed by atoms with van der Waals surface area (Å²) < 4.78 is 16.5. The fourth-order valence-electron chi connectivity index (χ4n) is 3.61. The third kappa shape index (κ3) is 3.90. The average Bonchev–Trinajstić information content (AvgIpc) is 3.24. The van der Waals surface area contributed by atoms with Crippen LogP contribution in [-0.4, -0.2) is 55.2 Å². The standard InChI is InChI=1S/C19H25N5O3/c1-25-16-8-13-5-6-24(12-14(13)9-17(16)26-2)18-11-21-23-19(22-18)20-10-15-4-3-7-27-15/h8-9,11,15H,3-7,10,12H2,1-2H3,(H,20,22,23). The molecule has 0 amide bonds. The van der Waals surface area contributed by atoms with Gasteiger partial charge >= 0.3 is 0 Å². The van der Waals surface area contributed by atoms with Crippen molar-refractivity contribution < 1.29 is 14.2 Å². The average molecular weight is 371 g/mol. The first-order valence-electron chi connectivity index (χ1n) is 9.30. The first kappa shape index (κ1) is 17.8. The van der Waals surface area contributed by atoms with Gasteiger partial charge < -0.3 is 24.4 Å². The zero-order chi connectivity index (χ0) is 18.6. The quantitative estimate of drug-likeness (QED) is 0.826. The van der Waals surface area contributed by atoms with Crippen LogP contribution in [0.25, 0.3) is 0 Å². The Kier molecular flexibility index (Phi) is 5.24. The fraction of sp³-hybridized carbons (Fsp3) is 0.526. The van der Waals surface area contributed by atoms with Crippen molar-refractivity contribution in [2.75, 3.05) is 44.1 Å². The molecule has 144 valence electrons. The lowest BCUT2D eigenvalue weighted by atomic mass is 9.99. The largest absolute Gasteiger partial charge is 0.493 e. The van der Waals surface area contributed by atoms with Crippen LogP contribution in [0.5, 0.6) is 11.5 Å². The maximum absolute atomic E-state index is 5.63. The number of benzene rings is 1. The highest BCUT2D eigenvalue weighted by Crippen LogP contribution is 2.34. The minimum Gasteiger partial charge on any atom is -0.493 e. The second kappa shape index (κ2) is 7.96. The van der Waals surface area contributed by atoms with Gasteiger partial charge in [-0.2, -0.15) is 10.1 Å². The lowest BCUT2D eigenvalue weighted by Crippen LogP contribution is -2.31. The smallest absolute Gasteiger partial charge is 0.244 e. The Balaban J connectivity index is 1.47. The molecule has 8 nitrogen and oxygen atoms in total. The van der Waals surface area contributed by atoms with E-state index in [1.807, 2.05) is 6.07 Å². The van der Waals surface area contributed by atoms with Gasteiger partial charge in [-0.3, -0.25) is 0 Å². The van der Waals surface area contributed by atoms with Gasteiger partial charge in [0.15, 0.2) is 17.3 Å². The van der Waals surface area contributed by atoms with E-state index < -0.39 is 0 Å². The molecule has 0 radical (unpaired) electrons. The van der Waals surface area contributed by atoms with Crippen molar-refractivity contribution in [2.45, 2.75) is 31.9 Å². The molecule has 2 aliphatic heterocycles. The summed E-state index contributed by atoms with van der Waals surface area (Å²) in [5.74, 6) is 2.88. The molecule has 2 aromatic rings. The van der Waals surface area contributed by atoms with E-state index in [1.54, 1.807) is 20.4 Å². The number of hydrogen-bond donors (Lipinski definition) is 1. The molecule has 0 saturated carbocycles. The summed E-state index contributed by atoms with van der Waals surface area (Å²) in [6.07, 6.45) is 5.06. The highest BCUT2D eigenvalue weighted by Gasteiger charge is 2.21. The van der Waals surface area contributed by atoms with E-state index in [-0.39, 0.29) is 6.10 Å². The van der Waals surface area contributed by atoms with Gasteiger partial charge in [-0.05, 0) is 42.5 Å². The molecular weight excluding hydrogens is 346 g/mol. The Morgan fingerprint density at radius 3 is 2.78 bits per heavy atom. The van der Waals surface area contributed by atoms with E-state index in [9.17, 15) is 0 Å². The molecule has 0 aliphatic carbocycles. The SMILES string of the molecule is COc1cc2c(cc1OC)CN(c1cnnc(NCC3CCCO3)n1)CC2. The molecule has 1 atom stereocenters. The molecule has 27 heavy (non-hydrogen) atoms. The molecule has 1 N–H and O–H groups in total. The van der Waals surface area contributed by atoms with E-state index in [1.165, 1.54) is 11.1 Å². The molecule has 8 heteroatoms. The molecule has 1 aromatic heterocycles. The number of fused-ring (bicyclic) bond motifs is 1. The van der Waals surface area contributed by atoms with Crippen LogP contribution >= 0.6 is 0 Å². The molecule has 3 heterocycles.